The second-order valence-corrected chi connectivity index (χ2v) is 7.05. The molecule has 19 heavy (non-hydrogen) atoms. The fourth-order valence-electron chi connectivity index (χ4n) is 4.36. The Kier molecular flexibility index (Phi) is 2.78. The van der Waals surface area contributed by atoms with Crippen LogP contribution in [0.4, 0.5) is 0 Å². The van der Waals surface area contributed by atoms with Crippen molar-refractivity contribution in [3.63, 3.8) is 0 Å². The molecule has 2 aliphatic carbocycles. The number of hydrogen-bond donors (Lipinski definition) is 0. The molecule has 0 amide bonds. The minimum atomic E-state index is 0.264. The van der Waals surface area contributed by atoms with Gasteiger partial charge in [-0.2, -0.15) is 0 Å². The molecule has 0 aromatic heterocycles. The van der Waals surface area contributed by atoms with Crippen LogP contribution in [-0.4, -0.2) is 7.11 Å². The fraction of sp³-hybridized carbons (Fsp3) is 0.556. The third-order valence-electron chi connectivity index (χ3n) is 5.39. The second kappa shape index (κ2) is 4.13. The van der Waals surface area contributed by atoms with Gasteiger partial charge in [0.15, 0.2) is 0 Å². The SMILES string of the molecule is COc1ccc2c(c1)[C@]1(C)CCCC(C)(C)[C@H]1C=C2. The van der Waals surface area contributed by atoms with Gasteiger partial charge < -0.3 is 4.74 Å². The third-order valence-corrected chi connectivity index (χ3v) is 5.39. The third kappa shape index (κ3) is 1.82. The van der Waals surface area contributed by atoms with E-state index in [9.17, 15) is 0 Å². The molecule has 0 saturated heterocycles. The van der Waals surface area contributed by atoms with Gasteiger partial charge in [-0.05, 0) is 52.8 Å². The van der Waals surface area contributed by atoms with E-state index < -0.39 is 0 Å². The minimum Gasteiger partial charge on any atom is -0.497 e. The predicted molar refractivity (Wildman–Crippen MR) is 80.5 cm³/mol. The molecule has 0 spiro atoms. The van der Waals surface area contributed by atoms with E-state index in [2.05, 4.69) is 51.1 Å². The topological polar surface area (TPSA) is 9.23 Å². The van der Waals surface area contributed by atoms with Gasteiger partial charge in [0.05, 0.1) is 7.11 Å². The smallest absolute Gasteiger partial charge is 0.119 e. The van der Waals surface area contributed by atoms with Gasteiger partial charge in [0, 0.05) is 0 Å². The molecule has 3 rings (SSSR count). The van der Waals surface area contributed by atoms with Crippen molar-refractivity contribution < 1.29 is 4.74 Å². The Morgan fingerprint density at radius 1 is 1.16 bits per heavy atom. The molecule has 0 aliphatic heterocycles. The summed E-state index contributed by atoms with van der Waals surface area (Å²) in [5.41, 5.74) is 3.51. The Hall–Kier alpha value is -1.24. The van der Waals surface area contributed by atoms with Crippen molar-refractivity contribution >= 4 is 6.08 Å². The molecule has 1 aromatic rings. The van der Waals surface area contributed by atoms with Crippen molar-refractivity contribution in [1.82, 2.24) is 0 Å². The standard InChI is InChI=1S/C18H24O/c1-17(2)10-5-11-18(3)15-12-14(19-4)8-6-13(15)7-9-16(17)18/h6-9,12,16H,5,10-11H2,1-4H3/t16-,18+/m1/s1. The van der Waals surface area contributed by atoms with E-state index in [4.69, 9.17) is 4.74 Å². The van der Waals surface area contributed by atoms with Crippen molar-refractivity contribution in [2.45, 2.75) is 45.4 Å². The highest BCUT2D eigenvalue weighted by Gasteiger charge is 2.48. The van der Waals surface area contributed by atoms with Gasteiger partial charge in [0.25, 0.3) is 0 Å². The van der Waals surface area contributed by atoms with Crippen LogP contribution in [0.15, 0.2) is 24.3 Å². The van der Waals surface area contributed by atoms with Crippen molar-refractivity contribution in [3.8, 4) is 5.75 Å². The van der Waals surface area contributed by atoms with Crippen LogP contribution in [0.3, 0.4) is 0 Å². The van der Waals surface area contributed by atoms with Crippen LogP contribution in [0, 0.1) is 11.3 Å². The van der Waals surface area contributed by atoms with Crippen molar-refractivity contribution in [1.29, 1.82) is 0 Å². The highest BCUT2D eigenvalue weighted by atomic mass is 16.5. The van der Waals surface area contributed by atoms with Gasteiger partial charge in [-0.3, -0.25) is 0 Å². The molecule has 102 valence electrons. The first-order chi connectivity index (χ1) is 8.97. The molecular weight excluding hydrogens is 232 g/mol. The molecule has 2 aliphatic rings. The number of allylic oxidation sites excluding steroid dienone is 1. The van der Waals surface area contributed by atoms with Gasteiger partial charge in [0.2, 0.25) is 0 Å². The predicted octanol–water partition coefficient (Wildman–Crippen LogP) is 4.81. The average molecular weight is 256 g/mol. The number of benzene rings is 1. The van der Waals surface area contributed by atoms with Crippen LogP contribution >= 0.6 is 0 Å². The van der Waals surface area contributed by atoms with Crippen molar-refractivity contribution in [3.05, 3.63) is 35.4 Å². The lowest BCUT2D eigenvalue weighted by molar-refractivity contribution is 0.0908. The molecule has 0 N–H and O–H groups in total. The molecule has 1 saturated carbocycles. The maximum atomic E-state index is 5.43. The molecule has 0 radical (unpaired) electrons. The molecule has 0 heterocycles. The second-order valence-electron chi connectivity index (χ2n) is 7.05. The van der Waals surface area contributed by atoms with Crippen LogP contribution in [0.25, 0.3) is 6.08 Å². The Labute approximate surface area is 116 Å². The molecule has 0 bridgehead atoms. The quantitative estimate of drug-likeness (QED) is 0.701. The maximum absolute atomic E-state index is 5.43. The zero-order valence-corrected chi connectivity index (χ0v) is 12.5. The summed E-state index contributed by atoms with van der Waals surface area (Å²) >= 11 is 0. The minimum absolute atomic E-state index is 0.264. The summed E-state index contributed by atoms with van der Waals surface area (Å²) in [6.45, 7) is 7.29. The Bertz CT molecular complexity index is 526. The van der Waals surface area contributed by atoms with Crippen molar-refractivity contribution in [2.24, 2.45) is 11.3 Å². The normalized spacial score (nSPS) is 31.5. The van der Waals surface area contributed by atoms with E-state index in [0.29, 0.717) is 11.3 Å². The van der Waals surface area contributed by atoms with E-state index in [1.165, 1.54) is 30.4 Å². The summed E-state index contributed by atoms with van der Waals surface area (Å²) in [5, 5.41) is 0. The Morgan fingerprint density at radius 3 is 2.68 bits per heavy atom. The van der Waals surface area contributed by atoms with Crippen LogP contribution in [0.1, 0.15) is 51.2 Å². The Balaban J connectivity index is 2.15. The first-order valence-electron chi connectivity index (χ1n) is 7.34. The first kappa shape index (κ1) is 12.8. The zero-order valence-electron chi connectivity index (χ0n) is 12.5. The molecule has 1 nitrogen and oxygen atoms in total. The molecule has 2 atom stereocenters. The average Bonchev–Trinajstić information content (AvgIpc) is 2.37. The number of rotatable bonds is 1. The fourth-order valence-corrected chi connectivity index (χ4v) is 4.36. The summed E-state index contributed by atoms with van der Waals surface area (Å²) in [6.07, 6.45) is 8.70. The summed E-state index contributed by atoms with van der Waals surface area (Å²) in [5.74, 6) is 1.62. The van der Waals surface area contributed by atoms with Gasteiger partial charge in [0.1, 0.15) is 5.75 Å². The number of fused-ring (bicyclic) bond motifs is 3. The molecule has 1 aromatic carbocycles. The largest absolute Gasteiger partial charge is 0.497 e. The monoisotopic (exact) mass is 256 g/mol. The molecular formula is C18H24O. The van der Waals surface area contributed by atoms with E-state index in [0.717, 1.165) is 5.75 Å². The van der Waals surface area contributed by atoms with Gasteiger partial charge >= 0.3 is 0 Å². The van der Waals surface area contributed by atoms with E-state index in [-0.39, 0.29) is 5.41 Å². The van der Waals surface area contributed by atoms with Crippen LogP contribution < -0.4 is 4.74 Å². The highest BCUT2D eigenvalue weighted by molar-refractivity contribution is 5.62. The summed E-state index contributed by atoms with van der Waals surface area (Å²) in [4.78, 5) is 0. The number of methoxy groups -OCH3 is 1. The van der Waals surface area contributed by atoms with E-state index >= 15 is 0 Å². The summed E-state index contributed by atoms with van der Waals surface area (Å²) in [6, 6.07) is 6.53. The highest BCUT2D eigenvalue weighted by Crippen LogP contribution is 2.56. The van der Waals surface area contributed by atoms with Crippen LogP contribution in [0.5, 0.6) is 5.75 Å². The van der Waals surface area contributed by atoms with Gasteiger partial charge in [-0.25, -0.2) is 0 Å². The summed E-state index contributed by atoms with van der Waals surface area (Å²) < 4.78 is 5.43. The summed E-state index contributed by atoms with van der Waals surface area (Å²) in [7, 11) is 1.75. The molecule has 0 unspecified atom stereocenters. The van der Waals surface area contributed by atoms with Gasteiger partial charge in [-0.1, -0.05) is 45.4 Å². The lowest BCUT2D eigenvalue weighted by Crippen LogP contribution is -2.45. The van der Waals surface area contributed by atoms with Crippen molar-refractivity contribution in [2.75, 3.05) is 7.11 Å². The molecule has 1 fully saturated rings. The Morgan fingerprint density at radius 2 is 1.95 bits per heavy atom. The van der Waals surface area contributed by atoms with Crippen LogP contribution in [0.2, 0.25) is 0 Å². The zero-order chi connectivity index (χ0) is 13.7. The van der Waals surface area contributed by atoms with Crippen LogP contribution in [-0.2, 0) is 5.41 Å². The molecule has 1 heteroatoms. The maximum Gasteiger partial charge on any atom is 0.119 e. The first-order valence-corrected chi connectivity index (χ1v) is 7.34. The lowest BCUT2D eigenvalue weighted by Gasteiger charge is -2.52. The number of ether oxygens (including phenoxy) is 1. The van der Waals surface area contributed by atoms with E-state index in [1.807, 2.05) is 0 Å². The number of hydrogen-bond acceptors (Lipinski definition) is 1. The van der Waals surface area contributed by atoms with Gasteiger partial charge in [-0.15, -0.1) is 0 Å². The lowest BCUT2D eigenvalue weighted by atomic mass is 9.52. The van der Waals surface area contributed by atoms with E-state index in [1.54, 1.807) is 7.11 Å².